The third-order valence-corrected chi connectivity index (χ3v) is 3.63. The zero-order chi connectivity index (χ0) is 18.0. The Morgan fingerprint density at radius 2 is 1.62 bits per heavy atom. The second-order valence-electron chi connectivity index (χ2n) is 5.35. The normalized spacial score (nSPS) is 11.8. The van der Waals surface area contributed by atoms with E-state index in [1.165, 1.54) is 12.5 Å². The van der Waals surface area contributed by atoms with Gasteiger partial charge in [0, 0.05) is 30.9 Å². The molecule has 142 valence electrons. The summed E-state index contributed by atoms with van der Waals surface area (Å²) >= 11 is 5.68. The lowest BCUT2D eigenvalue weighted by atomic mass is 10.1. The van der Waals surface area contributed by atoms with Gasteiger partial charge in [0.25, 0.3) is 0 Å². The summed E-state index contributed by atoms with van der Waals surface area (Å²) in [6.45, 7) is 7.73. The monoisotopic (exact) mass is 363 g/mol. The number of ether oxygens (including phenoxy) is 3. The Morgan fingerprint density at radius 1 is 1.00 bits per heavy atom. The SMILES string of the molecule is CCOC(=O)/C=C(\CCCCCCCCl)NCC(OCC)OCC. The molecule has 0 aromatic heterocycles. The summed E-state index contributed by atoms with van der Waals surface area (Å²) < 4.78 is 16.0. The maximum atomic E-state index is 11.7. The number of alkyl halides is 1. The first-order valence-corrected chi connectivity index (χ1v) is 9.61. The standard InChI is InChI=1S/C18H34ClNO4/c1-4-22-17(21)14-16(12-10-8-7-9-11-13-19)20-15-18(23-5-2)24-6-3/h14,18,20H,4-13,15H2,1-3H3/b16-14+. The molecule has 0 saturated heterocycles. The van der Waals surface area contributed by atoms with E-state index in [0.29, 0.717) is 26.4 Å². The Morgan fingerprint density at radius 3 is 2.21 bits per heavy atom. The molecule has 0 spiro atoms. The lowest BCUT2D eigenvalue weighted by molar-refractivity contribution is -0.137. The van der Waals surface area contributed by atoms with E-state index in [1.807, 2.05) is 13.8 Å². The van der Waals surface area contributed by atoms with Gasteiger partial charge >= 0.3 is 5.97 Å². The van der Waals surface area contributed by atoms with Gasteiger partial charge < -0.3 is 19.5 Å². The van der Waals surface area contributed by atoms with Crippen molar-refractivity contribution in [2.45, 2.75) is 65.6 Å². The minimum atomic E-state index is -0.313. The maximum absolute atomic E-state index is 11.7. The molecule has 0 heterocycles. The lowest BCUT2D eigenvalue weighted by Crippen LogP contribution is -2.31. The van der Waals surface area contributed by atoms with Crippen LogP contribution in [0, 0.1) is 0 Å². The van der Waals surface area contributed by atoms with Crippen molar-refractivity contribution in [1.29, 1.82) is 0 Å². The van der Waals surface area contributed by atoms with Crippen LogP contribution in [0.15, 0.2) is 11.8 Å². The Bertz CT molecular complexity index is 331. The van der Waals surface area contributed by atoms with Crippen LogP contribution >= 0.6 is 11.6 Å². The van der Waals surface area contributed by atoms with E-state index in [-0.39, 0.29) is 12.3 Å². The fraction of sp³-hybridized carbons (Fsp3) is 0.833. The number of carbonyl (C=O) groups is 1. The Balaban J connectivity index is 4.38. The largest absolute Gasteiger partial charge is 0.463 e. The minimum Gasteiger partial charge on any atom is -0.463 e. The fourth-order valence-corrected chi connectivity index (χ4v) is 2.42. The van der Waals surface area contributed by atoms with Gasteiger partial charge in [-0.05, 0) is 40.0 Å². The van der Waals surface area contributed by atoms with Gasteiger partial charge in [-0.15, -0.1) is 11.6 Å². The molecule has 0 aliphatic heterocycles. The number of allylic oxidation sites excluding steroid dienone is 1. The fourth-order valence-electron chi connectivity index (χ4n) is 2.23. The quantitative estimate of drug-likeness (QED) is 0.148. The molecule has 0 rings (SSSR count). The van der Waals surface area contributed by atoms with Crippen molar-refractivity contribution < 1.29 is 19.0 Å². The number of esters is 1. The van der Waals surface area contributed by atoms with E-state index >= 15 is 0 Å². The third-order valence-electron chi connectivity index (χ3n) is 3.36. The van der Waals surface area contributed by atoms with Gasteiger partial charge in [0.1, 0.15) is 0 Å². The molecule has 6 heteroatoms. The second-order valence-corrected chi connectivity index (χ2v) is 5.73. The summed E-state index contributed by atoms with van der Waals surface area (Å²) in [6.07, 6.45) is 7.57. The highest BCUT2D eigenvalue weighted by Gasteiger charge is 2.10. The van der Waals surface area contributed by atoms with Crippen LogP contribution in [0.1, 0.15) is 59.3 Å². The van der Waals surface area contributed by atoms with Crippen molar-refractivity contribution in [1.82, 2.24) is 5.32 Å². The molecule has 24 heavy (non-hydrogen) atoms. The van der Waals surface area contributed by atoms with Crippen molar-refractivity contribution in [3.8, 4) is 0 Å². The highest BCUT2D eigenvalue weighted by Crippen LogP contribution is 2.11. The minimum absolute atomic E-state index is 0.311. The van der Waals surface area contributed by atoms with Crippen LogP contribution < -0.4 is 5.32 Å². The van der Waals surface area contributed by atoms with E-state index in [4.69, 9.17) is 25.8 Å². The average molecular weight is 364 g/mol. The van der Waals surface area contributed by atoms with Gasteiger partial charge in [0.15, 0.2) is 6.29 Å². The molecule has 0 unspecified atom stereocenters. The summed E-state index contributed by atoms with van der Waals surface area (Å²) in [6, 6.07) is 0. The topological polar surface area (TPSA) is 56.8 Å². The van der Waals surface area contributed by atoms with Crippen LogP contribution in [0.5, 0.6) is 0 Å². The number of carbonyl (C=O) groups excluding carboxylic acids is 1. The molecule has 0 aromatic rings. The number of hydrogen-bond donors (Lipinski definition) is 1. The summed E-state index contributed by atoms with van der Waals surface area (Å²) in [5.41, 5.74) is 0.871. The molecule has 0 aromatic carbocycles. The third kappa shape index (κ3) is 13.6. The molecule has 0 aliphatic carbocycles. The van der Waals surface area contributed by atoms with Gasteiger partial charge in [-0.2, -0.15) is 0 Å². The van der Waals surface area contributed by atoms with Gasteiger partial charge in [-0.1, -0.05) is 19.3 Å². The van der Waals surface area contributed by atoms with E-state index < -0.39 is 0 Å². The molecule has 0 atom stereocenters. The summed E-state index contributed by atoms with van der Waals surface area (Å²) in [4.78, 5) is 11.7. The van der Waals surface area contributed by atoms with E-state index in [1.54, 1.807) is 6.92 Å². The molecular weight excluding hydrogens is 330 g/mol. The summed E-state index contributed by atoms with van der Waals surface area (Å²) in [5, 5.41) is 3.27. The van der Waals surface area contributed by atoms with Crippen molar-refractivity contribution >= 4 is 17.6 Å². The van der Waals surface area contributed by atoms with Crippen LogP contribution in [0.3, 0.4) is 0 Å². The first kappa shape index (κ1) is 23.2. The molecule has 0 aliphatic rings. The molecular formula is C18H34ClNO4. The average Bonchev–Trinajstić information content (AvgIpc) is 2.56. The number of unbranched alkanes of at least 4 members (excludes halogenated alkanes) is 4. The van der Waals surface area contributed by atoms with Crippen LogP contribution in [0.2, 0.25) is 0 Å². The molecule has 5 nitrogen and oxygen atoms in total. The number of halogens is 1. The Labute approximate surface area is 152 Å². The zero-order valence-electron chi connectivity index (χ0n) is 15.4. The first-order chi connectivity index (χ1) is 11.7. The maximum Gasteiger partial charge on any atom is 0.332 e. The highest BCUT2D eigenvalue weighted by molar-refractivity contribution is 6.17. The summed E-state index contributed by atoms with van der Waals surface area (Å²) in [7, 11) is 0. The Kier molecular flexibility index (Phi) is 16.5. The number of nitrogens with one attached hydrogen (secondary N) is 1. The van der Waals surface area contributed by atoms with Crippen molar-refractivity contribution in [3.63, 3.8) is 0 Å². The predicted octanol–water partition coefficient (Wildman–Crippen LogP) is 4.00. The van der Waals surface area contributed by atoms with E-state index in [9.17, 15) is 4.79 Å². The second kappa shape index (κ2) is 17.1. The molecule has 0 bridgehead atoms. The smallest absolute Gasteiger partial charge is 0.332 e. The van der Waals surface area contributed by atoms with Crippen molar-refractivity contribution in [2.75, 3.05) is 32.2 Å². The van der Waals surface area contributed by atoms with Crippen LogP contribution in [0.25, 0.3) is 0 Å². The van der Waals surface area contributed by atoms with Crippen molar-refractivity contribution in [3.05, 3.63) is 11.8 Å². The van der Waals surface area contributed by atoms with Gasteiger partial charge in [-0.25, -0.2) is 4.79 Å². The predicted molar refractivity (Wildman–Crippen MR) is 98.2 cm³/mol. The first-order valence-electron chi connectivity index (χ1n) is 9.08. The van der Waals surface area contributed by atoms with E-state index in [2.05, 4.69) is 5.32 Å². The van der Waals surface area contributed by atoms with E-state index in [0.717, 1.165) is 43.7 Å². The molecule has 1 N–H and O–H groups in total. The van der Waals surface area contributed by atoms with Crippen LogP contribution in [0.4, 0.5) is 0 Å². The van der Waals surface area contributed by atoms with Crippen LogP contribution in [-0.2, 0) is 19.0 Å². The van der Waals surface area contributed by atoms with Crippen molar-refractivity contribution in [2.24, 2.45) is 0 Å². The number of hydrogen-bond acceptors (Lipinski definition) is 5. The van der Waals surface area contributed by atoms with Gasteiger partial charge in [0.05, 0.1) is 13.2 Å². The molecule has 0 saturated carbocycles. The highest BCUT2D eigenvalue weighted by atomic mass is 35.5. The molecule has 0 radical (unpaired) electrons. The number of rotatable bonds is 16. The Hall–Kier alpha value is -0.780. The van der Waals surface area contributed by atoms with Gasteiger partial charge in [0.2, 0.25) is 0 Å². The lowest BCUT2D eigenvalue weighted by Gasteiger charge is -2.19. The summed E-state index contributed by atoms with van der Waals surface area (Å²) in [5.74, 6) is 0.415. The van der Waals surface area contributed by atoms with Crippen LogP contribution in [-0.4, -0.2) is 44.5 Å². The molecule has 0 fully saturated rings. The van der Waals surface area contributed by atoms with Gasteiger partial charge in [-0.3, -0.25) is 0 Å². The molecule has 0 amide bonds. The zero-order valence-corrected chi connectivity index (χ0v) is 16.2.